The third-order valence-electron chi connectivity index (χ3n) is 5.25. The topological polar surface area (TPSA) is 73.1 Å². The first-order valence-electron chi connectivity index (χ1n) is 9.86. The van der Waals surface area contributed by atoms with Gasteiger partial charge in [-0.25, -0.2) is 4.68 Å². The molecule has 2 aromatic heterocycles. The van der Waals surface area contributed by atoms with Crippen LogP contribution in [0.5, 0.6) is 0 Å². The SMILES string of the molecule is C=CC(=O)N1CC(n2cc(-c3cccnc3)nn2)[C@H](OCc2cccc(C(F)(F)F)c2)C1. The van der Waals surface area contributed by atoms with Crippen LogP contribution < -0.4 is 0 Å². The van der Waals surface area contributed by atoms with E-state index in [-0.39, 0.29) is 25.1 Å². The van der Waals surface area contributed by atoms with Crippen molar-refractivity contribution in [2.75, 3.05) is 13.1 Å². The number of alkyl halides is 3. The Labute approximate surface area is 182 Å². The number of amides is 1. The van der Waals surface area contributed by atoms with Crippen LogP contribution in [-0.2, 0) is 22.3 Å². The van der Waals surface area contributed by atoms with Gasteiger partial charge >= 0.3 is 6.18 Å². The molecule has 32 heavy (non-hydrogen) atoms. The zero-order chi connectivity index (χ0) is 22.7. The summed E-state index contributed by atoms with van der Waals surface area (Å²) in [5, 5.41) is 8.37. The number of halogens is 3. The highest BCUT2D eigenvalue weighted by Crippen LogP contribution is 2.31. The second-order valence-electron chi connectivity index (χ2n) is 7.39. The maximum atomic E-state index is 13.0. The van der Waals surface area contributed by atoms with Gasteiger partial charge in [0.05, 0.1) is 30.5 Å². The summed E-state index contributed by atoms with van der Waals surface area (Å²) in [4.78, 5) is 17.8. The molecule has 1 saturated heterocycles. The van der Waals surface area contributed by atoms with Crippen molar-refractivity contribution < 1.29 is 22.7 Å². The molecule has 0 spiro atoms. The molecule has 1 aliphatic heterocycles. The van der Waals surface area contributed by atoms with Crippen LogP contribution in [0.1, 0.15) is 17.2 Å². The van der Waals surface area contributed by atoms with E-state index in [0.29, 0.717) is 17.8 Å². The number of aromatic nitrogens is 4. The summed E-state index contributed by atoms with van der Waals surface area (Å²) in [6.45, 7) is 4.06. The van der Waals surface area contributed by atoms with Crippen LogP contribution in [0.2, 0.25) is 0 Å². The average Bonchev–Trinajstić information content (AvgIpc) is 3.45. The van der Waals surface area contributed by atoms with E-state index in [4.69, 9.17) is 4.74 Å². The number of benzene rings is 1. The van der Waals surface area contributed by atoms with E-state index in [1.165, 1.54) is 12.1 Å². The van der Waals surface area contributed by atoms with Crippen molar-refractivity contribution in [1.29, 1.82) is 0 Å². The Morgan fingerprint density at radius 3 is 2.81 bits per heavy atom. The number of pyridine rings is 1. The quantitative estimate of drug-likeness (QED) is 0.545. The summed E-state index contributed by atoms with van der Waals surface area (Å²) in [6.07, 6.45) is 1.36. The highest BCUT2D eigenvalue weighted by molar-refractivity contribution is 5.87. The smallest absolute Gasteiger partial charge is 0.369 e. The van der Waals surface area contributed by atoms with Crippen LogP contribution in [-0.4, -0.2) is 50.0 Å². The van der Waals surface area contributed by atoms with Crippen molar-refractivity contribution in [1.82, 2.24) is 24.9 Å². The second kappa shape index (κ2) is 8.91. The summed E-state index contributed by atoms with van der Waals surface area (Å²) in [7, 11) is 0. The van der Waals surface area contributed by atoms with E-state index in [9.17, 15) is 18.0 Å². The Hall–Kier alpha value is -3.53. The van der Waals surface area contributed by atoms with Gasteiger partial charge in [-0.1, -0.05) is 23.9 Å². The number of rotatable bonds is 6. The largest absolute Gasteiger partial charge is 0.416 e. The minimum Gasteiger partial charge on any atom is -0.369 e. The zero-order valence-electron chi connectivity index (χ0n) is 16.9. The Bertz CT molecular complexity index is 1100. The molecule has 1 aromatic carbocycles. The second-order valence-corrected chi connectivity index (χ2v) is 7.39. The lowest BCUT2D eigenvalue weighted by molar-refractivity contribution is -0.137. The standard InChI is InChI=1S/C22H20F3N5O2/c1-2-21(31)29-12-19(30-11-18(27-28-30)16-6-4-8-26-10-16)20(13-29)32-14-15-5-3-7-17(9-15)22(23,24)25/h2-11,19-20H,1,12-14H2/t19?,20-/m1/s1. The normalized spacial score (nSPS) is 18.7. The summed E-state index contributed by atoms with van der Waals surface area (Å²) < 4.78 is 46.6. The molecule has 1 amide bonds. The maximum Gasteiger partial charge on any atom is 0.416 e. The van der Waals surface area contributed by atoms with E-state index in [1.54, 1.807) is 40.3 Å². The molecule has 1 unspecified atom stereocenters. The Morgan fingerprint density at radius 1 is 1.25 bits per heavy atom. The molecule has 1 fully saturated rings. The van der Waals surface area contributed by atoms with Gasteiger partial charge in [0.25, 0.3) is 0 Å². The zero-order valence-corrected chi connectivity index (χ0v) is 16.9. The first-order valence-corrected chi connectivity index (χ1v) is 9.86. The minimum absolute atomic E-state index is 0.0363. The molecule has 0 radical (unpaired) electrons. The minimum atomic E-state index is -4.43. The fourth-order valence-corrected chi connectivity index (χ4v) is 3.61. The molecule has 0 aliphatic carbocycles. The third-order valence-corrected chi connectivity index (χ3v) is 5.25. The molecule has 1 aliphatic rings. The van der Waals surface area contributed by atoms with Gasteiger partial charge in [0.15, 0.2) is 0 Å². The molecule has 3 heterocycles. The lowest BCUT2D eigenvalue weighted by Gasteiger charge is -2.19. The first kappa shape index (κ1) is 21.7. The van der Waals surface area contributed by atoms with Gasteiger partial charge in [0, 0.05) is 31.0 Å². The fraction of sp³-hybridized carbons (Fsp3) is 0.273. The van der Waals surface area contributed by atoms with Gasteiger partial charge in [0.1, 0.15) is 5.69 Å². The van der Waals surface area contributed by atoms with Crippen molar-refractivity contribution in [2.45, 2.75) is 24.9 Å². The molecule has 0 saturated carbocycles. The van der Waals surface area contributed by atoms with E-state index in [1.807, 2.05) is 6.07 Å². The number of hydrogen-bond donors (Lipinski definition) is 0. The molecule has 0 bridgehead atoms. The molecular formula is C22H20F3N5O2. The van der Waals surface area contributed by atoms with E-state index in [2.05, 4.69) is 21.9 Å². The van der Waals surface area contributed by atoms with E-state index >= 15 is 0 Å². The van der Waals surface area contributed by atoms with Crippen LogP contribution in [0, 0.1) is 0 Å². The summed E-state index contributed by atoms with van der Waals surface area (Å²) in [6, 6.07) is 8.28. The Kier molecular flexibility index (Phi) is 6.04. The number of carbonyl (C=O) groups excluding carboxylic acids is 1. The van der Waals surface area contributed by atoms with Crippen molar-refractivity contribution in [2.24, 2.45) is 0 Å². The monoisotopic (exact) mass is 443 g/mol. The van der Waals surface area contributed by atoms with Gasteiger partial charge < -0.3 is 9.64 Å². The van der Waals surface area contributed by atoms with Crippen LogP contribution >= 0.6 is 0 Å². The molecule has 166 valence electrons. The van der Waals surface area contributed by atoms with Crippen LogP contribution in [0.25, 0.3) is 11.3 Å². The van der Waals surface area contributed by atoms with Crippen molar-refractivity contribution in [3.8, 4) is 11.3 Å². The highest BCUT2D eigenvalue weighted by atomic mass is 19.4. The average molecular weight is 443 g/mol. The molecule has 3 aromatic rings. The lowest BCUT2D eigenvalue weighted by Crippen LogP contribution is -2.28. The van der Waals surface area contributed by atoms with Gasteiger partial charge in [0.2, 0.25) is 5.91 Å². The fourth-order valence-electron chi connectivity index (χ4n) is 3.61. The summed E-state index contributed by atoms with van der Waals surface area (Å²) in [5.74, 6) is -0.257. The van der Waals surface area contributed by atoms with Gasteiger partial charge in [-0.3, -0.25) is 9.78 Å². The number of ether oxygens (including phenoxy) is 1. The molecular weight excluding hydrogens is 423 g/mol. The lowest BCUT2D eigenvalue weighted by atomic mass is 10.1. The summed E-state index contributed by atoms with van der Waals surface area (Å²) in [5.41, 5.74) is 1.06. The third kappa shape index (κ3) is 4.70. The molecule has 0 N–H and O–H groups in total. The first-order chi connectivity index (χ1) is 15.3. The number of carbonyl (C=O) groups is 1. The van der Waals surface area contributed by atoms with Crippen LogP contribution in [0.3, 0.4) is 0 Å². The predicted molar refractivity (Wildman–Crippen MR) is 109 cm³/mol. The number of likely N-dealkylation sites (tertiary alicyclic amines) is 1. The Morgan fingerprint density at radius 2 is 2.09 bits per heavy atom. The van der Waals surface area contributed by atoms with Crippen molar-refractivity contribution in [3.05, 3.63) is 78.8 Å². The van der Waals surface area contributed by atoms with E-state index in [0.717, 1.165) is 17.7 Å². The van der Waals surface area contributed by atoms with Gasteiger partial charge in [-0.05, 0) is 35.9 Å². The molecule has 10 heteroatoms. The maximum absolute atomic E-state index is 13.0. The number of nitrogens with zero attached hydrogens (tertiary/aromatic N) is 5. The van der Waals surface area contributed by atoms with Gasteiger partial charge in [-0.15, -0.1) is 5.10 Å². The molecule has 7 nitrogen and oxygen atoms in total. The van der Waals surface area contributed by atoms with Crippen LogP contribution in [0.15, 0.2) is 67.6 Å². The number of hydrogen-bond acceptors (Lipinski definition) is 5. The molecule has 4 rings (SSSR count). The summed E-state index contributed by atoms with van der Waals surface area (Å²) >= 11 is 0. The molecule has 2 atom stereocenters. The van der Waals surface area contributed by atoms with Crippen LogP contribution in [0.4, 0.5) is 13.2 Å². The van der Waals surface area contributed by atoms with E-state index < -0.39 is 17.8 Å². The highest BCUT2D eigenvalue weighted by Gasteiger charge is 2.37. The Balaban J connectivity index is 1.53. The van der Waals surface area contributed by atoms with Gasteiger partial charge in [-0.2, -0.15) is 13.2 Å². The van der Waals surface area contributed by atoms with Crippen molar-refractivity contribution in [3.63, 3.8) is 0 Å². The predicted octanol–water partition coefficient (Wildman–Crippen LogP) is 3.51. The van der Waals surface area contributed by atoms with Crippen molar-refractivity contribution >= 4 is 5.91 Å².